The van der Waals surface area contributed by atoms with Crippen LogP contribution >= 0.6 is 0 Å². The lowest BCUT2D eigenvalue weighted by molar-refractivity contribution is 0.0445. The van der Waals surface area contributed by atoms with Crippen LogP contribution in [0.5, 0.6) is 0 Å². The third-order valence-corrected chi connectivity index (χ3v) is 1.33. The molecule has 0 aromatic heterocycles. The van der Waals surface area contributed by atoms with Crippen LogP contribution in [0.1, 0.15) is 26.7 Å². The van der Waals surface area contributed by atoms with Crippen molar-refractivity contribution < 1.29 is 14.3 Å². The number of methoxy groups -OCH3 is 1. The molecule has 0 aromatic rings. The van der Waals surface area contributed by atoms with Crippen LogP contribution < -0.4 is 0 Å². The fraction of sp³-hybridized carbons (Fsp3) is 0.667. The molecule has 0 heterocycles. The molecule has 12 heavy (non-hydrogen) atoms. The molecule has 0 aliphatic rings. The van der Waals surface area contributed by atoms with E-state index in [1.807, 2.05) is 19.1 Å². The molecule has 0 N–H and O–H groups in total. The first-order chi connectivity index (χ1) is 5.70. The van der Waals surface area contributed by atoms with E-state index >= 15 is 0 Å². The second-order valence-corrected chi connectivity index (χ2v) is 2.50. The molecular formula is C9H16O3. The number of carbonyl (C=O) groups is 1. The molecule has 0 aliphatic carbocycles. The SMILES string of the molecule is CC/C=C/CC(C)OC(=O)OC. The minimum absolute atomic E-state index is 0.111. The summed E-state index contributed by atoms with van der Waals surface area (Å²) in [6.07, 6.45) is 5.05. The van der Waals surface area contributed by atoms with E-state index in [4.69, 9.17) is 4.74 Å². The minimum atomic E-state index is -0.618. The lowest BCUT2D eigenvalue weighted by Gasteiger charge is -2.08. The third-order valence-electron chi connectivity index (χ3n) is 1.33. The van der Waals surface area contributed by atoms with Crippen molar-refractivity contribution in [1.29, 1.82) is 0 Å². The fourth-order valence-corrected chi connectivity index (χ4v) is 0.715. The van der Waals surface area contributed by atoms with Crippen molar-refractivity contribution in [3.05, 3.63) is 12.2 Å². The highest BCUT2D eigenvalue weighted by atomic mass is 16.7. The van der Waals surface area contributed by atoms with Gasteiger partial charge in [0.1, 0.15) is 6.10 Å². The van der Waals surface area contributed by atoms with Crippen LogP contribution in [0.25, 0.3) is 0 Å². The number of carbonyl (C=O) groups excluding carboxylic acids is 1. The Bertz CT molecular complexity index is 152. The van der Waals surface area contributed by atoms with E-state index in [9.17, 15) is 4.79 Å². The van der Waals surface area contributed by atoms with Gasteiger partial charge in [0, 0.05) is 6.42 Å². The van der Waals surface area contributed by atoms with Gasteiger partial charge in [-0.3, -0.25) is 0 Å². The highest BCUT2D eigenvalue weighted by Crippen LogP contribution is 2.00. The van der Waals surface area contributed by atoms with E-state index in [0.29, 0.717) is 0 Å². The molecule has 1 unspecified atom stereocenters. The Morgan fingerprint density at radius 3 is 2.67 bits per heavy atom. The molecule has 70 valence electrons. The fourth-order valence-electron chi connectivity index (χ4n) is 0.715. The minimum Gasteiger partial charge on any atom is -0.438 e. The average molecular weight is 172 g/mol. The molecule has 1 atom stereocenters. The lowest BCUT2D eigenvalue weighted by atomic mass is 10.2. The monoisotopic (exact) mass is 172 g/mol. The summed E-state index contributed by atoms with van der Waals surface area (Å²) in [5.74, 6) is 0. The van der Waals surface area contributed by atoms with E-state index < -0.39 is 6.16 Å². The summed E-state index contributed by atoms with van der Waals surface area (Å²) >= 11 is 0. The molecule has 0 saturated heterocycles. The summed E-state index contributed by atoms with van der Waals surface area (Å²) in [4.78, 5) is 10.6. The molecule has 0 rings (SSSR count). The van der Waals surface area contributed by atoms with Crippen LogP contribution in [0.4, 0.5) is 4.79 Å². The van der Waals surface area contributed by atoms with E-state index in [1.54, 1.807) is 0 Å². The van der Waals surface area contributed by atoms with Gasteiger partial charge in [0.05, 0.1) is 7.11 Å². The molecule has 0 amide bonds. The number of allylic oxidation sites excluding steroid dienone is 1. The summed E-state index contributed by atoms with van der Waals surface area (Å²) in [7, 11) is 1.30. The summed E-state index contributed by atoms with van der Waals surface area (Å²) in [6.45, 7) is 3.89. The van der Waals surface area contributed by atoms with Crippen molar-refractivity contribution in [3.63, 3.8) is 0 Å². The first-order valence-corrected chi connectivity index (χ1v) is 4.10. The van der Waals surface area contributed by atoms with Gasteiger partial charge in [-0.05, 0) is 13.3 Å². The van der Waals surface area contributed by atoms with Crippen LogP contribution in [0.2, 0.25) is 0 Å². The highest BCUT2D eigenvalue weighted by Gasteiger charge is 2.06. The molecule has 0 fully saturated rings. The number of ether oxygens (including phenoxy) is 2. The Kier molecular flexibility index (Phi) is 6.15. The highest BCUT2D eigenvalue weighted by molar-refractivity contribution is 5.59. The second-order valence-electron chi connectivity index (χ2n) is 2.50. The summed E-state index contributed by atoms with van der Waals surface area (Å²) in [5.41, 5.74) is 0. The molecule has 0 radical (unpaired) electrons. The van der Waals surface area contributed by atoms with Gasteiger partial charge in [0.2, 0.25) is 0 Å². The molecule has 0 aliphatic heterocycles. The van der Waals surface area contributed by atoms with E-state index in [1.165, 1.54) is 7.11 Å². The van der Waals surface area contributed by atoms with Gasteiger partial charge in [-0.15, -0.1) is 0 Å². The predicted molar refractivity (Wildman–Crippen MR) is 47.0 cm³/mol. The predicted octanol–water partition coefficient (Wildman–Crippen LogP) is 2.51. The Morgan fingerprint density at radius 1 is 1.50 bits per heavy atom. The molecule has 0 bridgehead atoms. The van der Waals surface area contributed by atoms with Crippen molar-refractivity contribution in [3.8, 4) is 0 Å². The standard InChI is InChI=1S/C9H16O3/c1-4-5-6-7-8(2)12-9(10)11-3/h5-6,8H,4,7H2,1-3H3/b6-5+. The van der Waals surface area contributed by atoms with Gasteiger partial charge < -0.3 is 9.47 Å². The molecule has 3 heteroatoms. The molecule has 0 saturated carbocycles. The van der Waals surface area contributed by atoms with Gasteiger partial charge in [0.15, 0.2) is 0 Å². The molecular weight excluding hydrogens is 156 g/mol. The van der Waals surface area contributed by atoms with Gasteiger partial charge in [-0.25, -0.2) is 4.79 Å². The first-order valence-electron chi connectivity index (χ1n) is 4.10. The Balaban J connectivity index is 3.52. The number of hydrogen-bond donors (Lipinski definition) is 0. The summed E-state index contributed by atoms with van der Waals surface area (Å²) < 4.78 is 9.18. The van der Waals surface area contributed by atoms with Gasteiger partial charge in [0.25, 0.3) is 0 Å². The zero-order valence-electron chi connectivity index (χ0n) is 7.87. The van der Waals surface area contributed by atoms with E-state index in [2.05, 4.69) is 11.7 Å². The van der Waals surface area contributed by atoms with Gasteiger partial charge in [-0.2, -0.15) is 0 Å². The van der Waals surface area contributed by atoms with Crippen LogP contribution in [0.15, 0.2) is 12.2 Å². The van der Waals surface area contributed by atoms with Gasteiger partial charge >= 0.3 is 6.16 Å². The van der Waals surface area contributed by atoms with Crippen molar-refractivity contribution in [2.24, 2.45) is 0 Å². The average Bonchev–Trinajstić information content (AvgIpc) is 2.05. The van der Waals surface area contributed by atoms with Gasteiger partial charge in [-0.1, -0.05) is 19.1 Å². The molecule has 0 spiro atoms. The van der Waals surface area contributed by atoms with E-state index in [0.717, 1.165) is 12.8 Å². The normalized spacial score (nSPS) is 12.9. The molecule has 3 nitrogen and oxygen atoms in total. The van der Waals surface area contributed by atoms with Crippen LogP contribution in [0, 0.1) is 0 Å². The zero-order valence-corrected chi connectivity index (χ0v) is 7.87. The Hall–Kier alpha value is -0.990. The second kappa shape index (κ2) is 6.70. The summed E-state index contributed by atoms with van der Waals surface area (Å²) in [6, 6.07) is 0. The molecule has 0 aromatic carbocycles. The smallest absolute Gasteiger partial charge is 0.438 e. The number of rotatable bonds is 4. The summed E-state index contributed by atoms with van der Waals surface area (Å²) in [5, 5.41) is 0. The van der Waals surface area contributed by atoms with E-state index in [-0.39, 0.29) is 6.10 Å². The van der Waals surface area contributed by atoms with Crippen molar-refractivity contribution in [2.45, 2.75) is 32.8 Å². The quantitative estimate of drug-likeness (QED) is 0.483. The maximum absolute atomic E-state index is 10.6. The van der Waals surface area contributed by atoms with Crippen molar-refractivity contribution in [2.75, 3.05) is 7.11 Å². The van der Waals surface area contributed by atoms with Crippen LogP contribution in [-0.4, -0.2) is 19.4 Å². The zero-order chi connectivity index (χ0) is 9.40. The van der Waals surface area contributed by atoms with Crippen molar-refractivity contribution in [1.82, 2.24) is 0 Å². The Morgan fingerprint density at radius 2 is 2.17 bits per heavy atom. The lowest BCUT2D eigenvalue weighted by Crippen LogP contribution is -2.13. The third kappa shape index (κ3) is 5.77. The maximum atomic E-state index is 10.6. The largest absolute Gasteiger partial charge is 0.508 e. The Labute approximate surface area is 73.4 Å². The van der Waals surface area contributed by atoms with Crippen LogP contribution in [-0.2, 0) is 9.47 Å². The number of hydrogen-bond acceptors (Lipinski definition) is 3. The van der Waals surface area contributed by atoms with Crippen molar-refractivity contribution >= 4 is 6.16 Å². The maximum Gasteiger partial charge on any atom is 0.508 e. The van der Waals surface area contributed by atoms with Crippen LogP contribution in [0.3, 0.4) is 0 Å². The topological polar surface area (TPSA) is 35.5 Å². The first kappa shape index (κ1) is 11.0.